The van der Waals surface area contributed by atoms with Crippen LogP contribution >= 0.6 is 11.6 Å². The van der Waals surface area contributed by atoms with Gasteiger partial charge in [0.2, 0.25) is 0 Å². The summed E-state index contributed by atoms with van der Waals surface area (Å²) in [5.41, 5.74) is 0.289. The van der Waals surface area contributed by atoms with E-state index in [1.54, 1.807) is 6.07 Å². The van der Waals surface area contributed by atoms with Crippen molar-refractivity contribution < 1.29 is 9.18 Å². The molecule has 66 valence electrons. The van der Waals surface area contributed by atoms with Crippen LogP contribution in [0.3, 0.4) is 0 Å². The zero-order valence-electron chi connectivity index (χ0n) is 6.34. The van der Waals surface area contributed by atoms with E-state index in [1.807, 2.05) is 0 Å². The van der Waals surface area contributed by atoms with E-state index < -0.39 is 11.2 Å². The highest BCUT2D eigenvalue weighted by molar-refractivity contribution is 6.65. The summed E-state index contributed by atoms with van der Waals surface area (Å²) >= 11 is 5.00. The van der Waals surface area contributed by atoms with E-state index in [0.717, 1.165) is 12.1 Å². The van der Waals surface area contributed by atoms with Crippen LogP contribution in [0, 0.1) is 17.1 Å². The summed E-state index contributed by atoms with van der Waals surface area (Å²) in [6.07, 6.45) is 0. The maximum absolute atomic E-state index is 12.7. The fourth-order valence-corrected chi connectivity index (χ4v) is 0.949. The summed E-state index contributed by atoms with van der Waals surface area (Å²) in [4.78, 5) is 10.4. The van der Waals surface area contributed by atoms with Crippen LogP contribution < -0.4 is 5.32 Å². The number of halogens is 2. The minimum atomic E-state index is -0.825. The Kier molecular flexibility index (Phi) is 2.83. The number of nitriles is 1. The van der Waals surface area contributed by atoms with Crippen molar-refractivity contribution >= 4 is 22.7 Å². The Morgan fingerprint density at radius 3 is 2.77 bits per heavy atom. The Labute approximate surface area is 78.7 Å². The lowest BCUT2D eigenvalue weighted by Gasteiger charge is -2.00. The van der Waals surface area contributed by atoms with Crippen molar-refractivity contribution in [1.29, 1.82) is 5.26 Å². The summed E-state index contributed by atoms with van der Waals surface area (Å²) in [5, 5.41) is 9.79. The van der Waals surface area contributed by atoms with Gasteiger partial charge in [0.25, 0.3) is 0 Å². The zero-order chi connectivity index (χ0) is 9.84. The molecule has 13 heavy (non-hydrogen) atoms. The number of benzene rings is 1. The van der Waals surface area contributed by atoms with Gasteiger partial charge in [-0.3, -0.25) is 4.79 Å². The molecule has 1 rings (SSSR count). The predicted molar refractivity (Wildman–Crippen MR) is 46.0 cm³/mol. The Hall–Kier alpha value is -1.60. The summed E-state index contributed by atoms with van der Waals surface area (Å²) in [6, 6.07) is 5.20. The van der Waals surface area contributed by atoms with Crippen molar-refractivity contribution in [3.05, 3.63) is 29.6 Å². The fourth-order valence-electron chi connectivity index (χ4n) is 0.840. The van der Waals surface area contributed by atoms with Crippen LogP contribution in [0.1, 0.15) is 5.56 Å². The minimum absolute atomic E-state index is 0.125. The number of carbonyl (C=O) groups is 1. The SMILES string of the molecule is N#Cc1cc(F)cc(NC(=O)Cl)c1. The lowest BCUT2D eigenvalue weighted by molar-refractivity contribution is 0.269. The third-order valence-electron chi connectivity index (χ3n) is 1.27. The second-order valence-corrected chi connectivity index (χ2v) is 2.58. The first-order chi connectivity index (χ1) is 6.11. The second-order valence-electron chi connectivity index (χ2n) is 2.24. The molecule has 0 aliphatic carbocycles. The third kappa shape index (κ3) is 2.73. The molecule has 0 saturated heterocycles. The van der Waals surface area contributed by atoms with Crippen molar-refractivity contribution in [3.8, 4) is 6.07 Å². The maximum Gasteiger partial charge on any atom is 0.318 e. The molecule has 0 heterocycles. The van der Waals surface area contributed by atoms with Gasteiger partial charge in [0.15, 0.2) is 0 Å². The van der Waals surface area contributed by atoms with Gasteiger partial charge < -0.3 is 5.32 Å². The fraction of sp³-hybridized carbons (Fsp3) is 0. The largest absolute Gasteiger partial charge is 0.318 e. The van der Waals surface area contributed by atoms with Gasteiger partial charge in [0, 0.05) is 5.69 Å². The molecule has 1 amide bonds. The minimum Gasteiger partial charge on any atom is -0.312 e. The zero-order valence-corrected chi connectivity index (χ0v) is 7.10. The van der Waals surface area contributed by atoms with Crippen LogP contribution in [0.5, 0.6) is 0 Å². The van der Waals surface area contributed by atoms with E-state index in [1.165, 1.54) is 6.07 Å². The maximum atomic E-state index is 12.7. The average molecular weight is 199 g/mol. The quantitative estimate of drug-likeness (QED) is 0.557. The van der Waals surface area contributed by atoms with Crippen LogP contribution in [0.15, 0.2) is 18.2 Å². The van der Waals surface area contributed by atoms with E-state index in [4.69, 9.17) is 16.9 Å². The molecular formula is C8H4ClFN2O. The van der Waals surface area contributed by atoms with Gasteiger partial charge in [0.1, 0.15) is 5.82 Å². The highest BCUT2D eigenvalue weighted by Crippen LogP contribution is 2.13. The molecule has 0 fully saturated rings. The number of hydrogen-bond donors (Lipinski definition) is 1. The number of hydrogen-bond acceptors (Lipinski definition) is 2. The van der Waals surface area contributed by atoms with Gasteiger partial charge in [-0.1, -0.05) is 0 Å². The summed E-state index contributed by atoms with van der Waals surface area (Å²) < 4.78 is 12.7. The molecule has 1 N–H and O–H groups in total. The Bertz CT molecular complexity index is 386. The predicted octanol–water partition coefficient (Wildman–Crippen LogP) is 2.47. The number of rotatable bonds is 1. The molecular weight excluding hydrogens is 195 g/mol. The lowest BCUT2D eigenvalue weighted by atomic mass is 10.2. The third-order valence-corrected chi connectivity index (χ3v) is 1.36. The van der Waals surface area contributed by atoms with Crippen molar-refractivity contribution in [3.63, 3.8) is 0 Å². The van der Waals surface area contributed by atoms with Gasteiger partial charge in [-0.15, -0.1) is 0 Å². The van der Waals surface area contributed by atoms with E-state index in [0.29, 0.717) is 0 Å². The molecule has 0 radical (unpaired) electrons. The van der Waals surface area contributed by atoms with Crippen molar-refractivity contribution in [2.75, 3.05) is 5.32 Å². The molecule has 5 heteroatoms. The molecule has 0 atom stereocenters. The Balaban J connectivity index is 3.03. The van der Waals surface area contributed by atoms with Gasteiger partial charge in [0.05, 0.1) is 11.6 Å². The van der Waals surface area contributed by atoms with Gasteiger partial charge in [-0.25, -0.2) is 4.39 Å². The number of amides is 1. The summed E-state index contributed by atoms with van der Waals surface area (Å²) in [5.74, 6) is -0.598. The number of nitrogens with one attached hydrogen (secondary N) is 1. The van der Waals surface area contributed by atoms with Crippen molar-refractivity contribution in [2.45, 2.75) is 0 Å². The molecule has 0 aliphatic heterocycles. The number of anilines is 1. The first-order valence-corrected chi connectivity index (χ1v) is 3.67. The van der Waals surface area contributed by atoms with E-state index in [2.05, 4.69) is 5.32 Å². The monoisotopic (exact) mass is 198 g/mol. The number of carbonyl (C=O) groups excluding carboxylic acids is 1. The van der Waals surface area contributed by atoms with Gasteiger partial charge >= 0.3 is 5.37 Å². The van der Waals surface area contributed by atoms with Gasteiger partial charge in [-0.05, 0) is 29.8 Å². The molecule has 3 nitrogen and oxygen atoms in total. The standard InChI is InChI=1S/C8H4ClFN2O/c9-8(13)12-7-2-5(4-11)1-6(10)3-7/h1-3H,(H,12,13). The van der Waals surface area contributed by atoms with E-state index >= 15 is 0 Å². The molecule has 0 bridgehead atoms. The van der Waals surface area contributed by atoms with Crippen LogP contribution in [-0.4, -0.2) is 5.37 Å². The molecule has 0 aromatic heterocycles. The van der Waals surface area contributed by atoms with E-state index in [9.17, 15) is 9.18 Å². The van der Waals surface area contributed by atoms with Crippen LogP contribution in [0.2, 0.25) is 0 Å². The van der Waals surface area contributed by atoms with Crippen molar-refractivity contribution in [1.82, 2.24) is 0 Å². The topological polar surface area (TPSA) is 52.9 Å². The molecule has 0 spiro atoms. The van der Waals surface area contributed by atoms with Crippen LogP contribution in [0.4, 0.5) is 14.9 Å². The highest BCUT2D eigenvalue weighted by atomic mass is 35.5. The van der Waals surface area contributed by atoms with Crippen LogP contribution in [-0.2, 0) is 0 Å². The van der Waals surface area contributed by atoms with Crippen molar-refractivity contribution in [2.24, 2.45) is 0 Å². The lowest BCUT2D eigenvalue weighted by Crippen LogP contribution is -2.01. The summed E-state index contributed by atoms with van der Waals surface area (Å²) in [6.45, 7) is 0. The summed E-state index contributed by atoms with van der Waals surface area (Å²) in [7, 11) is 0. The molecule has 0 saturated carbocycles. The molecule has 0 unspecified atom stereocenters. The second kappa shape index (κ2) is 3.87. The first-order valence-electron chi connectivity index (χ1n) is 3.29. The Morgan fingerprint density at radius 2 is 2.23 bits per heavy atom. The Morgan fingerprint density at radius 1 is 1.54 bits per heavy atom. The molecule has 0 aliphatic rings. The number of nitrogens with zero attached hydrogens (tertiary/aromatic N) is 1. The van der Waals surface area contributed by atoms with Gasteiger partial charge in [-0.2, -0.15) is 5.26 Å². The van der Waals surface area contributed by atoms with E-state index in [-0.39, 0.29) is 11.3 Å². The molecule has 1 aromatic carbocycles. The first kappa shape index (κ1) is 9.49. The average Bonchev–Trinajstić information content (AvgIpc) is 2.01. The smallest absolute Gasteiger partial charge is 0.312 e. The molecule has 1 aromatic rings. The van der Waals surface area contributed by atoms with Crippen LogP contribution in [0.25, 0.3) is 0 Å². The normalized spacial score (nSPS) is 9.00. The highest BCUT2D eigenvalue weighted by Gasteiger charge is 2.02.